The number of carbonyl (C=O) groups excluding carboxylic acids is 5. The highest BCUT2D eigenvalue weighted by atomic mass is 35.5. The number of hydrogen-bond donors (Lipinski definition) is 2. The van der Waals surface area contributed by atoms with Crippen LogP contribution >= 0.6 is 11.6 Å². The number of anilines is 2. The highest BCUT2D eigenvalue weighted by molar-refractivity contribution is 6.31. The Bertz CT molecular complexity index is 2230. The fourth-order valence-corrected chi connectivity index (χ4v) is 9.66. The fraction of sp³-hybridized carbons (Fsp3) is 0.463. The first kappa shape index (κ1) is 37.9. The first-order valence-electron chi connectivity index (χ1n) is 19.8. The number of carbonyl (C=O) groups is 5. The van der Waals surface area contributed by atoms with Gasteiger partial charge in [0.25, 0.3) is 17.7 Å². The third-order valence-corrected chi connectivity index (χ3v) is 12.8. The van der Waals surface area contributed by atoms with Crippen LogP contribution in [0.15, 0.2) is 42.5 Å². The minimum absolute atomic E-state index is 0.00645. The molecule has 1 aromatic heterocycles. The Labute approximate surface area is 338 Å². The Balaban J connectivity index is 0.712. The van der Waals surface area contributed by atoms with Gasteiger partial charge in [0, 0.05) is 70.3 Å². The second-order valence-corrected chi connectivity index (χ2v) is 16.7. The summed E-state index contributed by atoms with van der Waals surface area (Å²) < 4.78 is 21.4. The summed E-state index contributed by atoms with van der Waals surface area (Å²) >= 11 is 6.14. The lowest BCUT2D eigenvalue weighted by Crippen LogP contribution is -2.54. The van der Waals surface area contributed by atoms with Gasteiger partial charge in [0.05, 0.1) is 33.5 Å². The molecule has 4 saturated heterocycles. The van der Waals surface area contributed by atoms with Crippen molar-refractivity contribution in [2.75, 3.05) is 55.6 Å². The minimum atomic E-state index is -1.10. The van der Waals surface area contributed by atoms with E-state index in [4.69, 9.17) is 21.6 Å². The van der Waals surface area contributed by atoms with E-state index in [2.05, 4.69) is 30.6 Å². The van der Waals surface area contributed by atoms with Crippen molar-refractivity contribution >= 4 is 52.6 Å². The van der Waals surface area contributed by atoms with Crippen LogP contribution in [0.2, 0.25) is 5.02 Å². The SMILES string of the molecule is N#Cc1ccc(O[C@H]2CC[C@H](NC(=O)c3ccc(N4CC5CN(CC6CN(c7cc8c(cc7F)C(=O)N(C7CCC(=O)NC7=O)C8=O)C6)CC5C4)nn3)CC2)cc1Cl. The molecule has 17 heteroatoms. The predicted octanol–water partition coefficient (Wildman–Crippen LogP) is 3.17. The molecule has 6 heterocycles. The number of fused-ring (bicyclic) bond motifs is 2. The molecule has 6 aliphatic rings. The summed E-state index contributed by atoms with van der Waals surface area (Å²) in [6.07, 6.45) is 3.16. The number of nitriles is 1. The number of benzene rings is 2. The summed E-state index contributed by atoms with van der Waals surface area (Å²) in [6.45, 7) is 5.70. The molecule has 58 heavy (non-hydrogen) atoms. The van der Waals surface area contributed by atoms with Crippen LogP contribution in [0.25, 0.3) is 0 Å². The van der Waals surface area contributed by atoms with Crippen LogP contribution in [0.3, 0.4) is 0 Å². The summed E-state index contributed by atoms with van der Waals surface area (Å²) in [5, 5.41) is 23.4. The molecule has 15 nitrogen and oxygen atoms in total. The van der Waals surface area contributed by atoms with Crippen molar-refractivity contribution in [3.05, 3.63) is 75.7 Å². The van der Waals surface area contributed by atoms with Crippen LogP contribution in [0.1, 0.15) is 75.3 Å². The number of piperidine rings is 1. The summed E-state index contributed by atoms with van der Waals surface area (Å²) in [7, 11) is 0. The number of imide groups is 2. The van der Waals surface area contributed by atoms with Gasteiger partial charge in [-0.2, -0.15) is 5.26 Å². The number of halogens is 2. The Morgan fingerprint density at radius 1 is 0.897 bits per heavy atom. The molecule has 3 atom stereocenters. The standard InChI is InChI=1S/C41H41ClFN9O6/c42-31-11-28(4-1-23(31)14-44)58-27-5-2-26(3-6-27)45-38(54)33-7-9-36(48-47-33)51-20-24-18-49(19-25(24)21-51)15-22-16-50(17-22)35-13-30-29(12-32(35)43)40(56)52(41(30)57)34-8-10-37(53)46-39(34)55/h1,4,7,9,11-13,22,24-27,34H,2-3,5-6,8,10,15-21H2,(H,45,54)(H,46,53,55)/t24?,25?,26-,27-,34?. The molecule has 300 valence electrons. The monoisotopic (exact) mass is 809 g/mol. The van der Waals surface area contributed by atoms with Crippen molar-refractivity contribution in [2.24, 2.45) is 17.8 Å². The smallest absolute Gasteiger partial charge is 0.272 e. The summed E-state index contributed by atoms with van der Waals surface area (Å²) in [5.41, 5.74) is 0.959. The highest BCUT2D eigenvalue weighted by Crippen LogP contribution is 2.38. The molecule has 1 saturated carbocycles. The lowest BCUT2D eigenvalue weighted by atomic mass is 9.93. The van der Waals surface area contributed by atoms with Crippen LogP contribution in [0.4, 0.5) is 15.9 Å². The zero-order valence-corrected chi connectivity index (χ0v) is 32.3. The van der Waals surface area contributed by atoms with Gasteiger partial charge in [0.15, 0.2) is 11.5 Å². The zero-order chi connectivity index (χ0) is 40.2. The number of hydrogen-bond acceptors (Lipinski definition) is 12. The normalized spacial score (nSPS) is 25.9. The van der Waals surface area contributed by atoms with Crippen LogP contribution in [0.5, 0.6) is 5.75 Å². The maximum absolute atomic E-state index is 15.3. The zero-order valence-electron chi connectivity index (χ0n) is 31.5. The van der Waals surface area contributed by atoms with Crippen molar-refractivity contribution in [1.82, 2.24) is 30.6 Å². The largest absolute Gasteiger partial charge is 0.490 e. The van der Waals surface area contributed by atoms with E-state index in [0.717, 1.165) is 75.2 Å². The molecule has 3 aromatic rings. The van der Waals surface area contributed by atoms with Crippen LogP contribution < -0.4 is 25.2 Å². The average molecular weight is 810 g/mol. The van der Waals surface area contributed by atoms with Crippen molar-refractivity contribution in [1.29, 1.82) is 5.26 Å². The van der Waals surface area contributed by atoms with E-state index in [9.17, 15) is 24.0 Å². The van der Waals surface area contributed by atoms with Gasteiger partial charge in [-0.1, -0.05) is 11.6 Å². The Morgan fingerprint density at radius 2 is 1.62 bits per heavy atom. The Hall–Kier alpha value is -5.66. The van der Waals surface area contributed by atoms with Gasteiger partial charge in [-0.3, -0.25) is 34.2 Å². The van der Waals surface area contributed by atoms with E-state index in [0.29, 0.717) is 47.2 Å². The predicted molar refractivity (Wildman–Crippen MR) is 207 cm³/mol. The van der Waals surface area contributed by atoms with E-state index in [1.165, 1.54) is 6.07 Å². The molecule has 1 aliphatic carbocycles. The van der Waals surface area contributed by atoms with Crippen LogP contribution in [-0.4, -0.2) is 114 Å². The molecule has 0 spiro atoms. The fourth-order valence-electron chi connectivity index (χ4n) is 9.45. The lowest BCUT2D eigenvalue weighted by molar-refractivity contribution is -0.136. The molecular formula is C41H41ClFN9O6. The van der Waals surface area contributed by atoms with Crippen molar-refractivity contribution in [2.45, 2.75) is 56.7 Å². The van der Waals surface area contributed by atoms with E-state index in [-0.39, 0.29) is 53.4 Å². The van der Waals surface area contributed by atoms with Gasteiger partial charge in [-0.05, 0) is 80.3 Å². The maximum Gasteiger partial charge on any atom is 0.272 e. The van der Waals surface area contributed by atoms with Gasteiger partial charge >= 0.3 is 0 Å². The molecule has 0 bridgehead atoms. The first-order chi connectivity index (χ1) is 28.0. The topological polar surface area (TPSA) is 181 Å². The van der Waals surface area contributed by atoms with E-state index >= 15 is 4.39 Å². The van der Waals surface area contributed by atoms with Gasteiger partial charge in [-0.25, -0.2) is 4.39 Å². The molecule has 5 fully saturated rings. The van der Waals surface area contributed by atoms with Crippen LogP contribution in [-0.2, 0) is 9.59 Å². The number of nitrogens with one attached hydrogen (secondary N) is 2. The number of rotatable bonds is 9. The van der Waals surface area contributed by atoms with Crippen molar-refractivity contribution in [3.8, 4) is 11.8 Å². The molecule has 2 aromatic carbocycles. The molecule has 0 radical (unpaired) electrons. The summed E-state index contributed by atoms with van der Waals surface area (Å²) in [5.74, 6) is -0.717. The van der Waals surface area contributed by atoms with E-state index in [1.807, 2.05) is 17.0 Å². The summed E-state index contributed by atoms with van der Waals surface area (Å²) in [4.78, 5) is 70.8. The van der Waals surface area contributed by atoms with E-state index in [1.54, 1.807) is 24.3 Å². The summed E-state index contributed by atoms with van der Waals surface area (Å²) in [6, 6.07) is 12.1. The highest BCUT2D eigenvalue weighted by Gasteiger charge is 2.46. The molecular weight excluding hydrogens is 769 g/mol. The second-order valence-electron chi connectivity index (χ2n) is 16.3. The maximum atomic E-state index is 15.3. The van der Waals surface area contributed by atoms with Gasteiger partial charge in [0.1, 0.15) is 23.7 Å². The second kappa shape index (κ2) is 15.3. The number of nitrogens with zero attached hydrogens (tertiary/aromatic N) is 7. The number of amides is 5. The quantitative estimate of drug-likeness (QED) is 0.302. The number of ether oxygens (including phenoxy) is 1. The minimum Gasteiger partial charge on any atom is -0.490 e. The molecule has 5 amide bonds. The van der Waals surface area contributed by atoms with Gasteiger partial charge < -0.3 is 24.8 Å². The lowest BCUT2D eigenvalue weighted by Gasteiger charge is -2.43. The van der Waals surface area contributed by atoms with E-state index < -0.39 is 35.5 Å². The Morgan fingerprint density at radius 3 is 2.28 bits per heavy atom. The van der Waals surface area contributed by atoms with Gasteiger partial charge in [0.2, 0.25) is 11.8 Å². The number of likely N-dealkylation sites (tertiary alicyclic amines) is 1. The Kier molecular flexibility index (Phi) is 9.97. The third kappa shape index (κ3) is 7.21. The van der Waals surface area contributed by atoms with Gasteiger partial charge in [-0.15, -0.1) is 10.2 Å². The average Bonchev–Trinajstić information content (AvgIpc) is 3.84. The number of aromatic nitrogens is 2. The molecule has 2 N–H and O–H groups in total. The third-order valence-electron chi connectivity index (χ3n) is 12.5. The van der Waals surface area contributed by atoms with Crippen molar-refractivity contribution in [3.63, 3.8) is 0 Å². The van der Waals surface area contributed by atoms with Crippen LogP contribution in [0, 0.1) is 34.9 Å². The molecule has 3 unspecified atom stereocenters. The molecule has 9 rings (SSSR count). The van der Waals surface area contributed by atoms with Crippen molar-refractivity contribution < 1.29 is 33.1 Å². The first-order valence-corrected chi connectivity index (χ1v) is 20.2. The molecule has 5 aliphatic heterocycles.